The Balaban J connectivity index is 2.65. The van der Waals surface area contributed by atoms with Gasteiger partial charge >= 0.3 is 5.97 Å². The largest absolute Gasteiger partial charge is 0.478 e. The first-order chi connectivity index (χ1) is 9.97. The number of aliphatic hydroxyl groups excluding tert-OH is 1. The number of carbonyl (C=O) groups is 2. The standard InChI is InChI=1S/C13H15F2NO4S/c14-10-6-8(9(13(19)20)7-11(10)15)12(18)16-2-5-21-4-1-3-17/h6-7,17H,1-5H2,(H,16,18)(H,19,20). The maximum Gasteiger partial charge on any atom is 0.336 e. The Bertz CT molecular complexity index is 525. The van der Waals surface area contributed by atoms with Crippen LogP contribution in [0.15, 0.2) is 12.1 Å². The number of halogens is 2. The zero-order valence-corrected chi connectivity index (χ0v) is 11.9. The third-order valence-corrected chi connectivity index (χ3v) is 3.58. The molecule has 0 bridgehead atoms. The van der Waals surface area contributed by atoms with Crippen LogP contribution in [0.2, 0.25) is 0 Å². The van der Waals surface area contributed by atoms with Crippen molar-refractivity contribution in [1.29, 1.82) is 0 Å². The summed E-state index contributed by atoms with van der Waals surface area (Å²) in [5.41, 5.74) is -0.999. The minimum atomic E-state index is -1.50. The number of aromatic carboxylic acids is 1. The highest BCUT2D eigenvalue weighted by Gasteiger charge is 2.20. The fourth-order valence-electron chi connectivity index (χ4n) is 1.51. The molecule has 0 heterocycles. The van der Waals surface area contributed by atoms with Gasteiger partial charge in [-0.15, -0.1) is 0 Å². The maximum absolute atomic E-state index is 13.1. The first kappa shape index (κ1) is 17.4. The number of hydrogen-bond acceptors (Lipinski definition) is 4. The summed E-state index contributed by atoms with van der Waals surface area (Å²) in [6, 6.07) is 1.07. The van der Waals surface area contributed by atoms with Crippen LogP contribution in [0, 0.1) is 11.6 Å². The van der Waals surface area contributed by atoms with Crippen LogP contribution in [-0.2, 0) is 0 Å². The molecule has 0 aliphatic heterocycles. The van der Waals surface area contributed by atoms with E-state index in [1.807, 2.05) is 0 Å². The molecule has 5 nitrogen and oxygen atoms in total. The highest BCUT2D eigenvalue weighted by atomic mass is 32.2. The van der Waals surface area contributed by atoms with Gasteiger partial charge in [-0.3, -0.25) is 4.79 Å². The first-order valence-electron chi connectivity index (χ1n) is 6.16. The van der Waals surface area contributed by atoms with Crippen molar-refractivity contribution in [2.45, 2.75) is 6.42 Å². The number of benzene rings is 1. The van der Waals surface area contributed by atoms with E-state index in [4.69, 9.17) is 10.2 Å². The van der Waals surface area contributed by atoms with Crippen molar-refractivity contribution in [3.05, 3.63) is 34.9 Å². The molecule has 0 spiro atoms. The average Bonchev–Trinajstić information content (AvgIpc) is 2.44. The van der Waals surface area contributed by atoms with Gasteiger partial charge in [0.05, 0.1) is 11.1 Å². The lowest BCUT2D eigenvalue weighted by Crippen LogP contribution is -2.28. The third kappa shape index (κ3) is 5.31. The molecule has 0 unspecified atom stereocenters. The average molecular weight is 319 g/mol. The molecule has 116 valence electrons. The Kier molecular flexibility index (Phi) is 7.10. The van der Waals surface area contributed by atoms with Gasteiger partial charge in [-0.25, -0.2) is 13.6 Å². The zero-order chi connectivity index (χ0) is 15.8. The van der Waals surface area contributed by atoms with E-state index in [9.17, 15) is 18.4 Å². The summed E-state index contributed by atoms with van der Waals surface area (Å²) in [5, 5.41) is 19.9. The molecule has 8 heteroatoms. The first-order valence-corrected chi connectivity index (χ1v) is 7.32. The number of hydrogen-bond donors (Lipinski definition) is 3. The number of thioether (sulfide) groups is 1. The predicted molar refractivity (Wildman–Crippen MR) is 74.7 cm³/mol. The molecule has 0 radical (unpaired) electrons. The number of carboxylic acids is 1. The smallest absolute Gasteiger partial charge is 0.336 e. The van der Waals surface area contributed by atoms with E-state index in [-0.39, 0.29) is 13.2 Å². The summed E-state index contributed by atoms with van der Waals surface area (Å²) >= 11 is 1.51. The molecule has 0 saturated heterocycles. The minimum Gasteiger partial charge on any atom is -0.478 e. The van der Waals surface area contributed by atoms with Crippen LogP contribution < -0.4 is 5.32 Å². The van der Waals surface area contributed by atoms with Gasteiger partial charge in [-0.05, 0) is 24.3 Å². The van der Waals surface area contributed by atoms with Gasteiger partial charge < -0.3 is 15.5 Å². The molecule has 0 aromatic heterocycles. The van der Waals surface area contributed by atoms with Crippen LogP contribution >= 0.6 is 11.8 Å². The van der Waals surface area contributed by atoms with Crippen LogP contribution in [0.4, 0.5) is 8.78 Å². The Morgan fingerprint density at radius 2 is 1.76 bits per heavy atom. The van der Waals surface area contributed by atoms with Crippen LogP contribution in [0.3, 0.4) is 0 Å². The summed E-state index contributed by atoms with van der Waals surface area (Å²) in [6.07, 6.45) is 0.644. The highest BCUT2D eigenvalue weighted by Crippen LogP contribution is 2.15. The molecule has 0 aliphatic carbocycles. The molecule has 3 N–H and O–H groups in total. The van der Waals surface area contributed by atoms with Crippen LogP contribution in [-0.4, -0.2) is 46.7 Å². The van der Waals surface area contributed by atoms with Crippen molar-refractivity contribution in [2.75, 3.05) is 24.7 Å². The molecular weight excluding hydrogens is 304 g/mol. The fraction of sp³-hybridized carbons (Fsp3) is 0.385. The lowest BCUT2D eigenvalue weighted by atomic mass is 10.1. The van der Waals surface area contributed by atoms with Crippen molar-refractivity contribution in [3.63, 3.8) is 0 Å². The topological polar surface area (TPSA) is 86.6 Å². The van der Waals surface area contributed by atoms with E-state index in [2.05, 4.69) is 5.32 Å². The van der Waals surface area contributed by atoms with Gasteiger partial charge in [0.1, 0.15) is 0 Å². The van der Waals surface area contributed by atoms with E-state index in [1.54, 1.807) is 0 Å². The van der Waals surface area contributed by atoms with Crippen molar-refractivity contribution in [2.24, 2.45) is 0 Å². The Hall–Kier alpha value is -1.67. The second-order valence-electron chi connectivity index (χ2n) is 4.06. The zero-order valence-electron chi connectivity index (χ0n) is 11.1. The Labute approximate surface area is 124 Å². The summed E-state index contributed by atoms with van der Waals surface area (Å²) < 4.78 is 26.1. The normalized spacial score (nSPS) is 10.4. The van der Waals surface area contributed by atoms with Gasteiger partial charge in [-0.2, -0.15) is 11.8 Å². The second kappa shape index (κ2) is 8.58. The number of carboxylic acid groups (broad SMARTS) is 1. The van der Waals surface area contributed by atoms with Gasteiger partial charge in [0.25, 0.3) is 5.91 Å². The number of aliphatic hydroxyl groups is 1. The second-order valence-corrected chi connectivity index (χ2v) is 5.29. The van der Waals surface area contributed by atoms with Crippen molar-refractivity contribution in [1.82, 2.24) is 5.32 Å². The van der Waals surface area contributed by atoms with Crippen LogP contribution in [0.1, 0.15) is 27.1 Å². The molecule has 1 amide bonds. The molecule has 0 fully saturated rings. The molecule has 1 aromatic rings. The fourth-order valence-corrected chi connectivity index (χ4v) is 2.30. The highest BCUT2D eigenvalue weighted by molar-refractivity contribution is 7.99. The molecule has 21 heavy (non-hydrogen) atoms. The molecule has 1 aromatic carbocycles. The maximum atomic E-state index is 13.1. The van der Waals surface area contributed by atoms with E-state index in [1.165, 1.54) is 11.8 Å². The summed E-state index contributed by atoms with van der Waals surface area (Å²) in [5.74, 6) is -3.56. The van der Waals surface area contributed by atoms with Gasteiger partial charge in [0.2, 0.25) is 0 Å². The summed E-state index contributed by atoms with van der Waals surface area (Å²) in [4.78, 5) is 22.8. The van der Waals surface area contributed by atoms with E-state index >= 15 is 0 Å². The number of carbonyl (C=O) groups excluding carboxylic acids is 1. The number of rotatable bonds is 8. The monoisotopic (exact) mass is 319 g/mol. The lowest BCUT2D eigenvalue weighted by molar-refractivity contribution is 0.0690. The van der Waals surface area contributed by atoms with Crippen LogP contribution in [0.25, 0.3) is 0 Å². The van der Waals surface area contributed by atoms with Gasteiger partial charge in [0.15, 0.2) is 11.6 Å². The number of nitrogens with one attached hydrogen (secondary N) is 1. The third-order valence-electron chi connectivity index (χ3n) is 2.51. The quantitative estimate of drug-likeness (QED) is 0.632. The molecule has 0 saturated carbocycles. The summed E-state index contributed by atoms with van der Waals surface area (Å²) in [6.45, 7) is 0.350. The minimum absolute atomic E-state index is 0.0934. The van der Waals surface area contributed by atoms with Crippen molar-refractivity contribution < 1.29 is 28.6 Å². The van der Waals surface area contributed by atoms with E-state index in [0.29, 0.717) is 24.3 Å². The van der Waals surface area contributed by atoms with E-state index in [0.717, 1.165) is 5.75 Å². The van der Waals surface area contributed by atoms with Gasteiger partial charge in [0, 0.05) is 18.9 Å². The van der Waals surface area contributed by atoms with Crippen LogP contribution in [0.5, 0.6) is 0 Å². The Morgan fingerprint density at radius 1 is 1.14 bits per heavy atom. The van der Waals surface area contributed by atoms with Gasteiger partial charge in [-0.1, -0.05) is 0 Å². The van der Waals surface area contributed by atoms with Crippen molar-refractivity contribution >= 4 is 23.6 Å². The predicted octanol–water partition coefficient (Wildman–Crippen LogP) is 1.51. The van der Waals surface area contributed by atoms with Crippen molar-refractivity contribution in [3.8, 4) is 0 Å². The SMILES string of the molecule is O=C(O)c1cc(F)c(F)cc1C(=O)NCCSCCCO. The molecule has 0 aliphatic rings. The number of amides is 1. The molecule has 1 rings (SSSR count). The van der Waals surface area contributed by atoms with E-state index < -0.39 is 34.6 Å². The Morgan fingerprint density at radius 3 is 2.33 bits per heavy atom. The molecule has 0 atom stereocenters. The summed E-state index contributed by atoms with van der Waals surface area (Å²) in [7, 11) is 0. The molecular formula is C13H15F2NO4S. The lowest BCUT2D eigenvalue weighted by Gasteiger charge is -2.08.